The van der Waals surface area contributed by atoms with E-state index in [2.05, 4.69) is 0 Å². The number of nitrogens with zero attached hydrogens (tertiary/aromatic N) is 1. The predicted molar refractivity (Wildman–Crippen MR) is 36.1 cm³/mol. The maximum atomic E-state index is 10.3. The minimum Gasteiger partial charge on any atom is -0.343 e. The molecule has 1 amide bonds. The minimum absolute atomic E-state index is 0.576. The van der Waals surface area contributed by atoms with Crippen molar-refractivity contribution in [3.63, 3.8) is 0 Å². The fraction of sp³-hybridized carbons (Fsp3) is 0.857. The van der Waals surface area contributed by atoms with Crippen LogP contribution in [0.3, 0.4) is 0 Å². The maximum Gasteiger partial charge on any atom is 0.209 e. The summed E-state index contributed by atoms with van der Waals surface area (Å²) in [6.45, 7) is 2.89. The Morgan fingerprint density at radius 2 is 2.33 bits per heavy atom. The molecule has 0 spiro atoms. The van der Waals surface area contributed by atoms with Gasteiger partial charge in [-0.1, -0.05) is 0 Å². The molecule has 1 fully saturated rings. The first-order chi connectivity index (χ1) is 4.38. The van der Waals surface area contributed by atoms with E-state index in [1.165, 1.54) is 19.3 Å². The van der Waals surface area contributed by atoms with Gasteiger partial charge < -0.3 is 4.90 Å². The van der Waals surface area contributed by atoms with Crippen molar-refractivity contribution in [1.29, 1.82) is 0 Å². The van der Waals surface area contributed by atoms with Crippen LogP contribution in [0.25, 0.3) is 0 Å². The highest BCUT2D eigenvalue weighted by Gasteiger charge is 2.21. The van der Waals surface area contributed by atoms with Crippen LogP contribution in [-0.4, -0.2) is 23.9 Å². The van der Waals surface area contributed by atoms with Crippen LogP contribution in [0.15, 0.2) is 0 Å². The molecular formula is C7H13NO. The van der Waals surface area contributed by atoms with Crippen LogP contribution in [0.4, 0.5) is 0 Å². The van der Waals surface area contributed by atoms with Crippen molar-refractivity contribution in [1.82, 2.24) is 4.90 Å². The average molecular weight is 127 g/mol. The summed E-state index contributed by atoms with van der Waals surface area (Å²) in [6.07, 6.45) is 4.69. The third kappa shape index (κ3) is 1.23. The van der Waals surface area contributed by atoms with Gasteiger partial charge in [-0.3, -0.25) is 4.79 Å². The van der Waals surface area contributed by atoms with Crippen LogP contribution in [0.2, 0.25) is 0 Å². The standard InChI is InChI=1S/C7H13NO/c1-2-8(6-9)7-4-3-5-7/h6-7H,2-5H2,1H3. The molecule has 0 bridgehead atoms. The highest BCUT2D eigenvalue weighted by molar-refractivity contribution is 5.47. The van der Waals surface area contributed by atoms with Crippen LogP contribution in [0.5, 0.6) is 0 Å². The molecule has 1 rings (SSSR count). The molecular weight excluding hydrogens is 114 g/mol. The molecule has 1 aliphatic carbocycles. The van der Waals surface area contributed by atoms with Crippen LogP contribution >= 0.6 is 0 Å². The number of rotatable bonds is 3. The average Bonchev–Trinajstić information content (AvgIpc) is 1.78. The van der Waals surface area contributed by atoms with Crippen LogP contribution in [-0.2, 0) is 4.79 Å². The van der Waals surface area contributed by atoms with Gasteiger partial charge in [0, 0.05) is 12.6 Å². The van der Waals surface area contributed by atoms with E-state index < -0.39 is 0 Å². The van der Waals surface area contributed by atoms with E-state index in [-0.39, 0.29) is 0 Å². The highest BCUT2D eigenvalue weighted by atomic mass is 16.1. The Morgan fingerprint density at radius 1 is 1.67 bits per heavy atom. The molecule has 0 aromatic rings. The van der Waals surface area contributed by atoms with Gasteiger partial charge in [0.05, 0.1) is 0 Å². The molecule has 1 aliphatic rings. The Hall–Kier alpha value is -0.530. The van der Waals surface area contributed by atoms with E-state index in [0.29, 0.717) is 6.04 Å². The molecule has 0 heterocycles. The van der Waals surface area contributed by atoms with E-state index in [9.17, 15) is 4.79 Å². The Balaban J connectivity index is 2.27. The van der Waals surface area contributed by atoms with E-state index in [1.807, 2.05) is 11.8 Å². The molecule has 2 heteroatoms. The monoisotopic (exact) mass is 127 g/mol. The smallest absolute Gasteiger partial charge is 0.209 e. The second kappa shape index (κ2) is 2.85. The van der Waals surface area contributed by atoms with Gasteiger partial charge in [-0.2, -0.15) is 0 Å². The van der Waals surface area contributed by atoms with Crippen LogP contribution in [0.1, 0.15) is 26.2 Å². The Bertz CT molecular complexity index is 99.1. The number of carbonyl (C=O) groups excluding carboxylic acids is 1. The molecule has 0 aliphatic heterocycles. The molecule has 2 nitrogen and oxygen atoms in total. The second-order valence-corrected chi connectivity index (χ2v) is 2.52. The van der Waals surface area contributed by atoms with Crippen molar-refractivity contribution >= 4 is 6.41 Å². The summed E-state index contributed by atoms with van der Waals surface area (Å²) in [5.74, 6) is 0. The number of amides is 1. The molecule has 1 saturated carbocycles. The van der Waals surface area contributed by atoms with Gasteiger partial charge in [-0.05, 0) is 26.2 Å². The summed E-state index contributed by atoms with van der Waals surface area (Å²) in [6, 6.07) is 0.576. The fourth-order valence-electron chi connectivity index (χ4n) is 1.14. The topological polar surface area (TPSA) is 20.3 Å². The van der Waals surface area contributed by atoms with Crippen molar-refractivity contribution in [3.8, 4) is 0 Å². The zero-order valence-corrected chi connectivity index (χ0v) is 5.84. The first kappa shape index (κ1) is 6.59. The summed E-state index contributed by atoms with van der Waals surface area (Å²) >= 11 is 0. The lowest BCUT2D eigenvalue weighted by Crippen LogP contribution is -2.38. The van der Waals surface area contributed by atoms with Crippen molar-refractivity contribution in [3.05, 3.63) is 0 Å². The molecule has 0 radical (unpaired) electrons. The van der Waals surface area contributed by atoms with Gasteiger partial charge in [0.15, 0.2) is 0 Å². The molecule has 0 N–H and O–H groups in total. The van der Waals surface area contributed by atoms with Crippen LogP contribution < -0.4 is 0 Å². The highest BCUT2D eigenvalue weighted by Crippen LogP contribution is 2.22. The van der Waals surface area contributed by atoms with Crippen LogP contribution in [0, 0.1) is 0 Å². The fourth-order valence-corrected chi connectivity index (χ4v) is 1.14. The lowest BCUT2D eigenvalue weighted by atomic mass is 9.92. The summed E-state index contributed by atoms with van der Waals surface area (Å²) in [4.78, 5) is 12.2. The van der Waals surface area contributed by atoms with Gasteiger partial charge in [0.25, 0.3) is 0 Å². The largest absolute Gasteiger partial charge is 0.343 e. The van der Waals surface area contributed by atoms with Gasteiger partial charge >= 0.3 is 0 Å². The number of hydrogen-bond donors (Lipinski definition) is 0. The summed E-state index contributed by atoms with van der Waals surface area (Å²) in [5.41, 5.74) is 0. The molecule has 0 saturated heterocycles. The molecule has 0 aromatic heterocycles. The van der Waals surface area contributed by atoms with Gasteiger partial charge in [-0.15, -0.1) is 0 Å². The van der Waals surface area contributed by atoms with Crippen molar-refractivity contribution in [2.24, 2.45) is 0 Å². The summed E-state index contributed by atoms with van der Waals surface area (Å²) in [7, 11) is 0. The van der Waals surface area contributed by atoms with Gasteiger partial charge in [0.1, 0.15) is 0 Å². The maximum absolute atomic E-state index is 10.3. The Kier molecular flexibility index (Phi) is 2.09. The first-order valence-electron chi connectivity index (χ1n) is 3.59. The quantitative estimate of drug-likeness (QED) is 0.518. The molecule has 0 unspecified atom stereocenters. The number of carbonyl (C=O) groups is 1. The third-order valence-corrected chi connectivity index (χ3v) is 2.04. The lowest BCUT2D eigenvalue weighted by Gasteiger charge is -2.33. The van der Waals surface area contributed by atoms with Crippen molar-refractivity contribution in [2.75, 3.05) is 6.54 Å². The van der Waals surface area contributed by atoms with Crippen molar-refractivity contribution < 1.29 is 4.79 Å². The lowest BCUT2D eigenvalue weighted by molar-refractivity contribution is -0.121. The predicted octanol–water partition coefficient (Wildman–Crippen LogP) is 1.02. The van der Waals surface area contributed by atoms with E-state index in [0.717, 1.165) is 13.0 Å². The van der Waals surface area contributed by atoms with Gasteiger partial charge in [-0.25, -0.2) is 0 Å². The SMILES string of the molecule is CCN(C=O)C1CCC1. The Labute approximate surface area is 55.8 Å². The van der Waals surface area contributed by atoms with E-state index in [4.69, 9.17) is 0 Å². The number of hydrogen-bond acceptors (Lipinski definition) is 1. The summed E-state index contributed by atoms with van der Waals surface area (Å²) < 4.78 is 0. The third-order valence-electron chi connectivity index (χ3n) is 2.04. The Morgan fingerprint density at radius 3 is 2.44 bits per heavy atom. The van der Waals surface area contributed by atoms with E-state index >= 15 is 0 Å². The zero-order valence-electron chi connectivity index (χ0n) is 5.84. The molecule has 0 aromatic carbocycles. The van der Waals surface area contributed by atoms with E-state index in [1.54, 1.807) is 0 Å². The van der Waals surface area contributed by atoms with Crippen molar-refractivity contribution in [2.45, 2.75) is 32.2 Å². The molecule has 9 heavy (non-hydrogen) atoms. The second-order valence-electron chi connectivity index (χ2n) is 2.52. The first-order valence-corrected chi connectivity index (χ1v) is 3.59. The normalized spacial score (nSPS) is 18.8. The zero-order chi connectivity index (χ0) is 6.69. The molecule has 52 valence electrons. The minimum atomic E-state index is 0.576. The summed E-state index contributed by atoms with van der Waals surface area (Å²) in [5, 5.41) is 0. The van der Waals surface area contributed by atoms with Gasteiger partial charge in [0.2, 0.25) is 6.41 Å². The molecule has 0 atom stereocenters.